The van der Waals surface area contributed by atoms with Crippen LogP contribution in [0.4, 0.5) is 10.1 Å². The van der Waals surface area contributed by atoms with Crippen LogP contribution in [0.2, 0.25) is 0 Å². The lowest BCUT2D eigenvalue weighted by atomic mass is 10.2. The van der Waals surface area contributed by atoms with Gasteiger partial charge in [0.15, 0.2) is 9.84 Å². The molecule has 1 aliphatic rings. The second-order valence-electron chi connectivity index (χ2n) is 5.27. The Labute approximate surface area is 134 Å². The van der Waals surface area contributed by atoms with E-state index in [1.807, 2.05) is 0 Å². The van der Waals surface area contributed by atoms with E-state index in [4.69, 9.17) is 0 Å². The van der Waals surface area contributed by atoms with Gasteiger partial charge in [-0.05, 0) is 36.8 Å². The van der Waals surface area contributed by atoms with Gasteiger partial charge in [0.25, 0.3) is 10.0 Å². The van der Waals surface area contributed by atoms with Crippen molar-refractivity contribution in [2.45, 2.75) is 16.7 Å². The number of nitrogens with zero attached hydrogens (tertiary/aromatic N) is 1. The van der Waals surface area contributed by atoms with Crippen LogP contribution in [0, 0.1) is 12.7 Å². The average Bonchev–Trinajstić information content (AvgIpc) is 2.50. The molecule has 0 atom stereocenters. The van der Waals surface area contributed by atoms with Gasteiger partial charge in [-0.1, -0.05) is 18.2 Å². The zero-order valence-electron chi connectivity index (χ0n) is 12.2. The van der Waals surface area contributed by atoms with Crippen LogP contribution in [0.1, 0.15) is 5.56 Å². The van der Waals surface area contributed by atoms with Crippen LogP contribution in [0.5, 0.6) is 0 Å². The lowest BCUT2D eigenvalue weighted by molar-refractivity contribution is 0.580. The maximum atomic E-state index is 13.7. The Morgan fingerprint density at radius 3 is 2.52 bits per heavy atom. The molecule has 0 fully saturated rings. The molecule has 122 valence electrons. The van der Waals surface area contributed by atoms with E-state index in [1.54, 1.807) is 6.07 Å². The number of para-hydroxylation sites is 1. The predicted molar refractivity (Wildman–Crippen MR) is 84.2 cm³/mol. The fourth-order valence-corrected chi connectivity index (χ4v) is 5.57. The molecule has 5 nitrogen and oxygen atoms in total. The van der Waals surface area contributed by atoms with Crippen LogP contribution in [-0.4, -0.2) is 29.1 Å². The number of rotatable bonds is 2. The highest BCUT2D eigenvalue weighted by molar-refractivity contribution is 7.94. The fourth-order valence-electron chi connectivity index (χ4n) is 2.47. The minimum atomic E-state index is -4.04. The van der Waals surface area contributed by atoms with Crippen LogP contribution in [0.25, 0.3) is 0 Å². The monoisotopic (exact) mass is 355 g/mol. The summed E-state index contributed by atoms with van der Waals surface area (Å²) in [5.74, 6) is -0.929. The van der Waals surface area contributed by atoms with Gasteiger partial charge in [-0.25, -0.2) is 21.2 Å². The number of hydrogen-bond acceptors (Lipinski definition) is 4. The SMILES string of the molecule is Cc1ccc(S(=O)(=O)N2CCS(=O)(=O)c3ccccc32)cc1F. The molecule has 2 aromatic rings. The first-order valence-electron chi connectivity index (χ1n) is 6.84. The van der Waals surface area contributed by atoms with Gasteiger partial charge in [-0.2, -0.15) is 0 Å². The summed E-state index contributed by atoms with van der Waals surface area (Å²) in [6, 6.07) is 9.58. The highest BCUT2D eigenvalue weighted by atomic mass is 32.2. The van der Waals surface area contributed by atoms with E-state index in [9.17, 15) is 21.2 Å². The lowest BCUT2D eigenvalue weighted by Gasteiger charge is -2.30. The Balaban J connectivity index is 2.16. The molecule has 23 heavy (non-hydrogen) atoms. The van der Waals surface area contributed by atoms with Gasteiger partial charge >= 0.3 is 0 Å². The summed E-state index contributed by atoms with van der Waals surface area (Å²) >= 11 is 0. The van der Waals surface area contributed by atoms with Crippen molar-refractivity contribution >= 4 is 25.5 Å². The summed E-state index contributed by atoms with van der Waals surface area (Å²) in [6.45, 7) is 1.34. The van der Waals surface area contributed by atoms with Gasteiger partial charge in [0.1, 0.15) is 5.82 Å². The second kappa shape index (κ2) is 5.31. The van der Waals surface area contributed by atoms with Gasteiger partial charge in [0, 0.05) is 6.54 Å². The van der Waals surface area contributed by atoms with Gasteiger partial charge in [0.05, 0.1) is 21.2 Å². The van der Waals surface area contributed by atoms with E-state index in [0.717, 1.165) is 10.4 Å². The first-order valence-corrected chi connectivity index (χ1v) is 9.93. The van der Waals surface area contributed by atoms with Crippen LogP contribution in [-0.2, 0) is 19.9 Å². The Hall–Kier alpha value is -1.93. The summed E-state index contributed by atoms with van der Waals surface area (Å²) in [7, 11) is -7.55. The third-order valence-electron chi connectivity index (χ3n) is 3.76. The molecular formula is C15H14FNO4S2. The molecule has 0 N–H and O–H groups in total. The van der Waals surface area contributed by atoms with Crippen molar-refractivity contribution in [2.75, 3.05) is 16.6 Å². The van der Waals surface area contributed by atoms with Crippen LogP contribution in [0.3, 0.4) is 0 Å². The molecule has 8 heteroatoms. The molecule has 0 spiro atoms. The van der Waals surface area contributed by atoms with Crippen LogP contribution in [0.15, 0.2) is 52.3 Å². The molecule has 1 aliphatic heterocycles. The van der Waals surface area contributed by atoms with E-state index in [-0.39, 0.29) is 27.8 Å². The van der Waals surface area contributed by atoms with Gasteiger partial charge in [0.2, 0.25) is 0 Å². The highest BCUT2D eigenvalue weighted by Crippen LogP contribution is 2.34. The molecule has 0 aliphatic carbocycles. The van der Waals surface area contributed by atoms with E-state index in [0.29, 0.717) is 5.56 Å². The van der Waals surface area contributed by atoms with Crippen molar-refractivity contribution in [2.24, 2.45) is 0 Å². The smallest absolute Gasteiger partial charge is 0.264 e. The molecule has 0 radical (unpaired) electrons. The Bertz CT molecular complexity index is 984. The van der Waals surface area contributed by atoms with Crippen molar-refractivity contribution in [1.29, 1.82) is 0 Å². The summed E-state index contributed by atoms with van der Waals surface area (Å²) in [5.41, 5.74) is 0.435. The molecule has 0 saturated carbocycles. The number of hydrogen-bond donors (Lipinski definition) is 0. The van der Waals surface area contributed by atoms with Crippen molar-refractivity contribution in [3.63, 3.8) is 0 Å². The van der Waals surface area contributed by atoms with Crippen molar-refractivity contribution < 1.29 is 21.2 Å². The van der Waals surface area contributed by atoms with Gasteiger partial charge < -0.3 is 0 Å². The molecule has 3 rings (SSSR count). The van der Waals surface area contributed by atoms with Gasteiger partial charge in [-0.3, -0.25) is 4.31 Å². The van der Waals surface area contributed by atoms with Crippen molar-refractivity contribution in [1.82, 2.24) is 0 Å². The third kappa shape index (κ3) is 2.61. The summed E-state index contributed by atoms with van der Waals surface area (Å²) in [5, 5.41) is 0. The van der Waals surface area contributed by atoms with Gasteiger partial charge in [-0.15, -0.1) is 0 Å². The normalized spacial score (nSPS) is 16.9. The molecule has 2 aromatic carbocycles. The molecule has 0 aromatic heterocycles. The molecule has 1 heterocycles. The molecular weight excluding hydrogens is 341 g/mol. The number of fused-ring (bicyclic) bond motifs is 1. The number of benzene rings is 2. The topological polar surface area (TPSA) is 71.5 Å². The van der Waals surface area contributed by atoms with E-state index in [2.05, 4.69) is 0 Å². The maximum Gasteiger partial charge on any atom is 0.264 e. The predicted octanol–water partition coefficient (Wildman–Crippen LogP) is 2.12. The Kier molecular flexibility index (Phi) is 3.68. The average molecular weight is 355 g/mol. The molecule has 0 bridgehead atoms. The molecule has 0 saturated heterocycles. The van der Waals surface area contributed by atoms with E-state index < -0.39 is 25.7 Å². The molecule has 0 amide bonds. The second-order valence-corrected chi connectivity index (χ2v) is 9.21. The molecule has 0 unspecified atom stereocenters. The van der Waals surface area contributed by atoms with E-state index in [1.165, 1.54) is 37.3 Å². The maximum absolute atomic E-state index is 13.7. The highest BCUT2D eigenvalue weighted by Gasteiger charge is 2.35. The van der Waals surface area contributed by atoms with Crippen molar-refractivity contribution in [3.05, 3.63) is 53.8 Å². The zero-order chi connectivity index (χ0) is 16.8. The summed E-state index contributed by atoms with van der Waals surface area (Å²) in [6.07, 6.45) is 0. The summed E-state index contributed by atoms with van der Waals surface area (Å²) < 4.78 is 64.5. The van der Waals surface area contributed by atoms with Crippen LogP contribution < -0.4 is 4.31 Å². The Morgan fingerprint density at radius 1 is 1.13 bits per heavy atom. The third-order valence-corrected chi connectivity index (χ3v) is 7.31. The number of anilines is 1. The standard InChI is InChI=1S/C15H14FNO4S2/c1-11-6-7-12(10-13(11)16)23(20,21)17-8-9-22(18,19)15-5-3-2-4-14(15)17/h2-7,10H,8-9H2,1H3. The number of aryl methyl sites for hydroxylation is 1. The van der Waals surface area contributed by atoms with Crippen molar-refractivity contribution in [3.8, 4) is 0 Å². The minimum Gasteiger partial charge on any atom is -0.264 e. The summed E-state index contributed by atoms with van der Waals surface area (Å²) in [4.78, 5) is -0.225. The fraction of sp³-hybridized carbons (Fsp3) is 0.200. The number of halogens is 1. The lowest BCUT2D eigenvalue weighted by Crippen LogP contribution is -2.39. The Morgan fingerprint density at radius 2 is 1.83 bits per heavy atom. The minimum absolute atomic E-state index is 0.0255. The first kappa shape index (κ1) is 15.9. The van der Waals surface area contributed by atoms with E-state index >= 15 is 0 Å². The zero-order valence-corrected chi connectivity index (χ0v) is 13.9. The quantitative estimate of drug-likeness (QED) is 0.827. The first-order chi connectivity index (χ1) is 10.7. The number of sulfonamides is 1. The van der Waals surface area contributed by atoms with Crippen LogP contribution >= 0.6 is 0 Å². The largest absolute Gasteiger partial charge is 0.264 e. The number of sulfone groups is 1.